The summed E-state index contributed by atoms with van der Waals surface area (Å²) in [5, 5.41) is 3.04. The number of hydrogen-bond donors (Lipinski definition) is 1. The van der Waals surface area contributed by atoms with Crippen LogP contribution in [0.5, 0.6) is 0 Å². The quantitative estimate of drug-likeness (QED) is 0.803. The molecule has 0 bridgehead atoms. The third-order valence-electron chi connectivity index (χ3n) is 4.39. The highest BCUT2D eigenvalue weighted by Crippen LogP contribution is 2.33. The number of halogens is 1. The molecule has 122 valence electrons. The van der Waals surface area contributed by atoms with Gasteiger partial charge >= 0.3 is 6.03 Å². The summed E-state index contributed by atoms with van der Waals surface area (Å²) in [6, 6.07) is 10.1. The van der Waals surface area contributed by atoms with Crippen molar-refractivity contribution in [1.82, 2.24) is 9.47 Å². The van der Waals surface area contributed by atoms with Crippen LogP contribution in [0, 0.1) is 12.8 Å². The third kappa shape index (κ3) is 3.15. The van der Waals surface area contributed by atoms with Crippen molar-refractivity contribution in [1.29, 1.82) is 0 Å². The number of nitrogens with zero attached hydrogens (tertiary/aromatic N) is 2. The van der Waals surface area contributed by atoms with Crippen LogP contribution < -0.4 is 5.32 Å². The summed E-state index contributed by atoms with van der Waals surface area (Å²) < 4.78 is 3.30. The summed E-state index contributed by atoms with van der Waals surface area (Å²) in [5.74, 6) is 0.362. The number of hydrogen-bond acceptors (Lipinski definition) is 1. The smallest absolute Gasteiger partial charge is 0.322 e. The molecule has 2 aromatic rings. The van der Waals surface area contributed by atoms with E-state index in [4.69, 9.17) is 0 Å². The minimum absolute atomic E-state index is 0.0297. The highest BCUT2D eigenvalue weighted by Gasteiger charge is 2.32. The Hall–Kier alpha value is -1.75. The molecule has 0 unspecified atom stereocenters. The fourth-order valence-electron chi connectivity index (χ4n) is 3.26. The summed E-state index contributed by atoms with van der Waals surface area (Å²) in [4.78, 5) is 14.8. The standard InChI is InChI=1S/C18H22BrN3O/c1-12(2)17-16-5-4-8-21(16)9-10-22(17)18(23)20-14-6-7-15(19)13(3)11-14/h4-8,11-12,17H,9-10H2,1-3H3,(H,20,23)/t17-/m0/s1. The van der Waals surface area contributed by atoms with Crippen molar-refractivity contribution in [2.45, 2.75) is 33.4 Å². The van der Waals surface area contributed by atoms with Gasteiger partial charge in [-0.25, -0.2) is 4.79 Å². The van der Waals surface area contributed by atoms with Crippen LogP contribution in [-0.4, -0.2) is 22.0 Å². The van der Waals surface area contributed by atoms with Crippen LogP contribution in [0.2, 0.25) is 0 Å². The molecule has 1 aliphatic rings. The van der Waals surface area contributed by atoms with Crippen LogP contribution in [-0.2, 0) is 6.54 Å². The van der Waals surface area contributed by atoms with E-state index < -0.39 is 0 Å². The van der Waals surface area contributed by atoms with E-state index >= 15 is 0 Å². The van der Waals surface area contributed by atoms with Crippen molar-refractivity contribution in [3.63, 3.8) is 0 Å². The van der Waals surface area contributed by atoms with Crippen LogP contribution in [0.3, 0.4) is 0 Å². The van der Waals surface area contributed by atoms with Crippen molar-refractivity contribution < 1.29 is 4.79 Å². The maximum Gasteiger partial charge on any atom is 0.322 e. The number of aromatic nitrogens is 1. The minimum atomic E-state index is -0.0297. The molecule has 0 spiro atoms. The van der Waals surface area contributed by atoms with Gasteiger partial charge in [0.1, 0.15) is 0 Å². The second-order valence-corrected chi connectivity index (χ2v) is 7.26. The zero-order chi connectivity index (χ0) is 16.6. The van der Waals surface area contributed by atoms with Gasteiger partial charge in [-0.15, -0.1) is 0 Å². The lowest BCUT2D eigenvalue weighted by Crippen LogP contribution is -2.45. The number of amides is 2. The topological polar surface area (TPSA) is 37.3 Å². The van der Waals surface area contributed by atoms with Crippen molar-refractivity contribution in [2.75, 3.05) is 11.9 Å². The van der Waals surface area contributed by atoms with Crippen LogP contribution in [0.1, 0.15) is 31.1 Å². The number of urea groups is 1. The van der Waals surface area contributed by atoms with E-state index in [0.29, 0.717) is 5.92 Å². The number of rotatable bonds is 2. The Balaban J connectivity index is 1.82. The van der Waals surface area contributed by atoms with E-state index in [1.807, 2.05) is 30.0 Å². The highest BCUT2D eigenvalue weighted by atomic mass is 79.9. The Kier molecular flexibility index (Phi) is 4.48. The second-order valence-electron chi connectivity index (χ2n) is 6.40. The molecule has 0 aliphatic carbocycles. The van der Waals surface area contributed by atoms with Gasteiger partial charge in [-0.2, -0.15) is 0 Å². The number of anilines is 1. The first-order valence-corrected chi connectivity index (χ1v) is 8.75. The van der Waals surface area contributed by atoms with Gasteiger partial charge in [-0.3, -0.25) is 0 Å². The molecule has 23 heavy (non-hydrogen) atoms. The predicted molar refractivity (Wildman–Crippen MR) is 96.6 cm³/mol. The monoisotopic (exact) mass is 375 g/mol. The van der Waals surface area contributed by atoms with Gasteiger partial charge in [0.2, 0.25) is 0 Å². The van der Waals surface area contributed by atoms with Gasteiger partial charge in [0, 0.05) is 35.1 Å². The van der Waals surface area contributed by atoms with E-state index in [1.165, 1.54) is 5.69 Å². The van der Waals surface area contributed by atoms with Crippen LogP contribution in [0.25, 0.3) is 0 Å². The molecule has 5 heteroatoms. The lowest BCUT2D eigenvalue weighted by Gasteiger charge is -2.39. The van der Waals surface area contributed by atoms with Crippen molar-refractivity contribution in [3.8, 4) is 0 Å². The SMILES string of the molecule is Cc1cc(NC(=O)N2CCn3cccc3[C@@H]2C(C)C)ccc1Br. The molecule has 0 radical (unpaired) electrons. The lowest BCUT2D eigenvalue weighted by molar-refractivity contribution is 0.144. The van der Waals surface area contributed by atoms with Crippen LogP contribution >= 0.6 is 15.9 Å². The molecule has 0 fully saturated rings. The second kappa shape index (κ2) is 6.40. The van der Waals surface area contributed by atoms with Crippen LogP contribution in [0.15, 0.2) is 41.0 Å². The van der Waals surface area contributed by atoms with E-state index in [-0.39, 0.29) is 12.1 Å². The summed E-state index contributed by atoms with van der Waals surface area (Å²) in [6.07, 6.45) is 2.10. The molecule has 1 N–H and O–H groups in total. The van der Waals surface area contributed by atoms with Gasteiger partial charge < -0.3 is 14.8 Å². The molecular formula is C18H22BrN3O. The first-order chi connectivity index (χ1) is 11.0. The number of nitrogens with one attached hydrogen (secondary N) is 1. The molecule has 0 saturated heterocycles. The zero-order valence-electron chi connectivity index (χ0n) is 13.7. The predicted octanol–water partition coefficient (Wildman–Crippen LogP) is 4.80. The van der Waals surface area contributed by atoms with E-state index in [2.05, 4.69) is 58.0 Å². The normalized spacial score (nSPS) is 17.3. The number of carbonyl (C=O) groups is 1. The molecule has 3 rings (SSSR count). The first-order valence-electron chi connectivity index (χ1n) is 7.96. The fraction of sp³-hybridized carbons (Fsp3) is 0.389. The molecule has 2 amide bonds. The molecule has 0 saturated carbocycles. The van der Waals surface area contributed by atoms with Gasteiger partial charge in [0.05, 0.1) is 6.04 Å². The van der Waals surface area contributed by atoms with E-state index in [9.17, 15) is 4.79 Å². The number of carbonyl (C=O) groups excluding carboxylic acids is 1. The van der Waals surface area contributed by atoms with Gasteiger partial charge in [-0.05, 0) is 48.7 Å². The van der Waals surface area contributed by atoms with E-state index in [1.54, 1.807) is 0 Å². The highest BCUT2D eigenvalue weighted by molar-refractivity contribution is 9.10. The molecule has 1 aromatic carbocycles. The zero-order valence-corrected chi connectivity index (χ0v) is 15.3. The number of benzene rings is 1. The van der Waals surface area contributed by atoms with Gasteiger partial charge in [0.15, 0.2) is 0 Å². The first kappa shape index (κ1) is 16.1. The summed E-state index contributed by atoms with van der Waals surface area (Å²) in [5.41, 5.74) is 3.16. The maximum absolute atomic E-state index is 12.8. The minimum Gasteiger partial charge on any atom is -0.348 e. The molecule has 1 aliphatic heterocycles. The summed E-state index contributed by atoms with van der Waals surface area (Å²) in [6.45, 7) is 7.92. The van der Waals surface area contributed by atoms with Crippen molar-refractivity contribution in [3.05, 3.63) is 52.3 Å². The summed E-state index contributed by atoms with van der Waals surface area (Å²) in [7, 11) is 0. The Morgan fingerprint density at radius 1 is 1.30 bits per heavy atom. The molecule has 4 nitrogen and oxygen atoms in total. The van der Waals surface area contributed by atoms with Gasteiger partial charge in [-0.1, -0.05) is 29.8 Å². The maximum atomic E-state index is 12.8. The Morgan fingerprint density at radius 3 is 2.78 bits per heavy atom. The Labute approximate surface area is 145 Å². The average molecular weight is 376 g/mol. The molecular weight excluding hydrogens is 354 g/mol. The largest absolute Gasteiger partial charge is 0.348 e. The van der Waals surface area contributed by atoms with Gasteiger partial charge in [0.25, 0.3) is 0 Å². The number of aryl methyl sites for hydroxylation is 1. The van der Waals surface area contributed by atoms with Crippen molar-refractivity contribution >= 4 is 27.6 Å². The Bertz CT molecular complexity index is 723. The van der Waals surface area contributed by atoms with Crippen LogP contribution in [0.4, 0.5) is 10.5 Å². The molecule has 1 atom stereocenters. The summed E-state index contributed by atoms with van der Waals surface area (Å²) >= 11 is 3.49. The lowest BCUT2D eigenvalue weighted by atomic mass is 9.97. The number of fused-ring (bicyclic) bond motifs is 1. The van der Waals surface area contributed by atoms with Crippen molar-refractivity contribution in [2.24, 2.45) is 5.92 Å². The fourth-order valence-corrected chi connectivity index (χ4v) is 3.51. The third-order valence-corrected chi connectivity index (χ3v) is 5.28. The molecule has 1 aromatic heterocycles. The van der Waals surface area contributed by atoms with E-state index in [0.717, 1.165) is 28.8 Å². The Morgan fingerprint density at radius 2 is 2.09 bits per heavy atom. The molecule has 2 heterocycles. The average Bonchev–Trinajstić information content (AvgIpc) is 2.98.